The molecule has 0 fully saturated rings. The van der Waals surface area contributed by atoms with Gasteiger partial charge in [0.25, 0.3) is 0 Å². The van der Waals surface area contributed by atoms with Crippen LogP contribution >= 0.6 is 0 Å². The number of amides is 1. The van der Waals surface area contributed by atoms with E-state index in [0.717, 1.165) is 16.5 Å². The monoisotopic (exact) mass is 246 g/mol. The highest BCUT2D eigenvalue weighted by Crippen LogP contribution is 2.26. The number of aromatic nitrogens is 1. The van der Waals surface area contributed by atoms with E-state index in [1.165, 1.54) is 6.92 Å². The van der Waals surface area contributed by atoms with Crippen molar-refractivity contribution in [1.82, 2.24) is 4.98 Å². The van der Waals surface area contributed by atoms with E-state index in [9.17, 15) is 9.59 Å². The van der Waals surface area contributed by atoms with Crippen LogP contribution in [0.4, 0.5) is 5.69 Å². The molecule has 0 spiro atoms. The fourth-order valence-corrected chi connectivity index (χ4v) is 2.08. The van der Waals surface area contributed by atoms with E-state index in [-0.39, 0.29) is 11.6 Å². The van der Waals surface area contributed by atoms with Crippen LogP contribution in [0.25, 0.3) is 10.9 Å². The number of rotatable bonds is 3. The van der Waals surface area contributed by atoms with Crippen LogP contribution in [0, 0.1) is 0 Å². The first-order chi connectivity index (χ1) is 8.52. The van der Waals surface area contributed by atoms with Crippen LogP contribution in [0.15, 0.2) is 18.2 Å². The summed E-state index contributed by atoms with van der Waals surface area (Å²) >= 11 is 0. The molecule has 0 saturated carbocycles. The van der Waals surface area contributed by atoms with E-state index < -0.39 is 5.97 Å². The summed E-state index contributed by atoms with van der Waals surface area (Å²) in [6.07, 6.45) is 0.616. The number of H-pyrrole nitrogens is 1. The average molecular weight is 246 g/mol. The van der Waals surface area contributed by atoms with Crippen LogP contribution < -0.4 is 5.32 Å². The lowest BCUT2D eigenvalue weighted by Gasteiger charge is -2.02. The molecule has 3 N–H and O–H groups in total. The third kappa shape index (κ3) is 2.07. The Morgan fingerprint density at radius 3 is 2.67 bits per heavy atom. The predicted octanol–water partition coefficient (Wildman–Crippen LogP) is 2.39. The summed E-state index contributed by atoms with van der Waals surface area (Å²) in [5, 5.41) is 12.6. The van der Waals surface area contributed by atoms with Crippen LogP contribution in [0.2, 0.25) is 0 Å². The molecule has 2 rings (SSSR count). The third-order valence-corrected chi connectivity index (χ3v) is 2.79. The van der Waals surface area contributed by atoms with Gasteiger partial charge in [0.2, 0.25) is 5.91 Å². The van der Waals surface area contributed by atoms with Crippen molar-refractivity contribution < 1.29 is 14.7 Å². The SMILES string of the molecule is CCc1c(C(=O)O)[nH]c2ccc(NC(C)=O)cc12. The van der Waals surface area contributed by atoms with Crippen LogP contribution in [0.1, 0.15) is 29.9 Å². The summed E-state index contributed by atoms with van der Waals surface area (Å²) in [4.78, 5) is 25.0. The molecule has 18 heavy (non-hydrogen) atoms. The number of hydrogen-bond donors (Lipinski definition) is 3. The standard InChI is InChI=1S/C13H14N2O3/c1-3-9-10-6-8(14-7(2)16)4-5-11(10)15-12(9)13(17)18/h4-6,15H,3H2,1-2H3,(H,14,16)(H,17,18). The lowest BCUT2D eigenvalue weighted by atomic mass is 10.1. The van der Waals surface area contributed by atoms with Crippen molar-refractivity contribution in [3.63, 3.8) is 0 Å². The van der Waals surface area contributed by atoms with Gasteiger partial charge in [-0.3, -0.25) is 4.79 Å². The number of carbonyl (C=O) groups excluding carboxylic acids is 1. The van der Waals surface area contributed by atoms with E-state index in [2.05, 4.69) is 10.3 Å². The van der Waals surface area contributed by atoms with Crippen molar-refractivity contribution >= 4 is 28.5 Å². The Morgan fingerprint density at radius 2 is 2.11 bits per heavy atom. The Kier molecular flexibility index (Phi) is 3.06. The maximum absolute atomic E-state index is 11.1. The Bertz CT molecular complexity index is 628. The van der Waals surface area contributed by atoms with Gasteiger partial charge in [-0.1, -0.05) is 6.92 Å². The summed E-state index contributed by atoms with van der Waals surface area (Å²) in [7, 11) is 0. The Labute approximate surface area is 104 Å². The number of aromatic amines is 1. The molecule has 0 aliphatic carbocycles. The third-order valence-electron chi connectivity index (χ3n) is 2.79. The van der Waals surface area contributed by atoms with Crippen LogP contribution in [-0.2, 0) is 11.2 Å². The van der Waals surface area contributed by atoms with Crippen LogP contribution in [0.5, 0.6) is 0 Å². The number of carbonyl (C=O) groups is 2. The molecule has 0 saturated heterocycles. The predicted molar refractivity (Wildman–Crippen MR) is 68.9 cm³/mol. The lowest BCUT2D eigenvalue weighted by Crippen LogP contribution is -2.05. The van der Waals surface area contributed by atoms with Gasteiger partial charge in [-0.05, 0) is 30.2 Å². The highest BCUT2D eigenvalue weighted by atomic mass is 16.4. The zero-order chi connectivity index (χ0) is 13.3. The second kappa shape index (κ2) is 4.52. The van der Waals surface area contributed by atoms with Gasteiger partial charge < -0.3 is 15.4 Å². The van der Waals surface area contributed by atoms with Crippen molar-refractivity contribution in [2.45, 2.75) is 20.3 Å². The number of fused-ring (bicyclic) bond motifs is 1. The molecule has 0 atom stereocenters. The second-order valence-corrected chi connectivity index (χ2v) is 4.08. The number of hydrogen-bond acceptors (Lipinski definition) is 2. The number of aromatic carboxylic acids is 1. The molecule has 1 aromatic heterocycles. The Morgan fingerprint density at radius 1 is 1.39 bits per heavy atom. The molecule has 1 amide bonds. The molecular formula is C13H14N2O3. The molecular weight excluding hydrogens is 232 g/mol. The van der Waals surface area contributed by atoms with Gasteiger partial charge >= 0.3 is 5.97 Å². The van der Waals surface area contributed by atoms with Crippen molar-refractivity contribution in [2.75, 3.05) is 5.32 Å². The number of carboxylic acids is 1. The van der Waals surface area contributed by atoms with Gasteiger partial charge in [0, 0.05) is 23.5 Å². The molecule has 0 unspecified atom stereocenters. The van der Waals surface area contributed by atoms with E-state index in [1.54, 1.807) is 18.2 Å². The smallest absolute Gasteiger partial charge is 0.352 e. The van der Waals surface area contributed by atoms with Gasteiger partial charge in [-0.2, -0.15) is 0 Å². The quantitative estimate of drug-likeness (QED) is 0.777. The highest BCUT2D eigenvalue weighted by Gasteiger charge is 2.15. The summed E-state index contributed by atoms with van der Waals surface area (Å²) in [5.74, 6) is -1.12. The first-order valence-electron chi connectivity index (χ1n) is 5.68. The van der Waals surface area contributed by atoms with E-state index in [0.29, 0.717) is 12.1 Å². The molecule has 0 bridgehead atoms. The molecule has 94 valence electrons. The topological polar surface area (TPSA) is 82.2 Å². The fourth-order valence-electron chi connectivity index (χ4n) is 2.08. The number of anilines is 1. The van der Waals surface area contributed by atoms with Gasteiger partial charge in [0.1, 0.15) is 5.69 Å². The maximum atomic E-state index is 11.1. The van der Waals surface area contributed by atoms with Gasteiger partial charge in [-0.25, -0.2) is 4.79 Å². The van der Waals surface area contributed by atoms with Crippen molar-refractivity contribution in [2.24, 2.45) is 0 Å². The minimum absolute atomic E-state index is 0.151. The summed E-state index contributed by atoms with van der Waals surface area (Å²) < 4.78 is 0. The molecule has 0 aliphatic heterocycles. The molecule has 5 nitrogen and oxygen atoms in total. The van der Waals surface area contributed by atoms with Crippen molar-refractivity contribution in [3.8, 4) is 0 Å². The maximum Gasteiger partial charge on any atom is 0.352 e. The molecule has 2 aromatic rings. The summed E-state index contributed by atoms with van der Waals surface area (Å²) in [5.41, 5.74) is 2.40. The minimum atomic E-state index is -0.968. The Balaban J connectivity index is 2.60. The van der Waals surface area contributed by atoms with Crippen molar-refractivity contribution in [3.05, 3.63) is 29.5 Å². The normalized spacial score (nSPS) is 10.6. The van der Waals surface area contributed by atoms with E-state index in [1.807, 2.05) is 6.92 Å². The van der Waals surface area contributed by atoms with Crippen LogP contribution in [0.3, 0.4) is 0 Å². The van der Waals surface area contributed by atoms with Gasteiger partial charge in [0.05, 0.1) is 0 Å². The number of benzene rings is 1. The van der Waals surface area contributed by atoms with E-state index in [4.69, 9.17) is 5.11 Å². The molecule has 5 heteroatoms. The molecule has 0 aliphatic rings. The fraction of sp³-hybridized carbons (Fsp3) is 0.231. The zero-order valence-electron chi connectivity index (χ0n) is 10.2. The molecule has 0 radical (unpaired) electrons. The number of nitrogens with one attached hydrogen (secondary N) is 2. The average Bonchev–Trinajstić information content (AvgIpc) is 2.66. The highest BCUT2D eigenvalue weighted by molar-refractivity contribution is 5.99. The first-order valence-corrected chi connectivity index (χ1v) is 5.68. The van der Waals surface area contributed by atoms with Gasteiger partial charge in [-0.15, -0.1) is 0 Å². The largest absolute Gasteiger partial charge is 0.477 e. The van der Waals surface area contributed by atoms with Crippen LogP contribution in [-0.4, -0.2) is 22.0 Å². The summed E-state index contributed by atoms with van der Waals surface area (Å²) in [6, 6.07) is 5.30. The minimum Gasteiger partial charge on any atom is -0.477 e. The first kappa shape index (κ1) is 12.2. The Hall–Kier alpha value is -2.30. The summed E-state index contributed by atoms with van der Waals surface area (Å²) in [6.45, 7) is 3.34. The molecule has 1 aromatic carbocycles. The van der Waals surface area contributed by atoms with Crippen molar-refractivity contribution in [1.29, 1.82) is 0 Å². The number of carboxylic acid groups (broad SMARTS) is 1. The van der Waals surface area contributed by atoms with Gasteiger partial charge in [0.15, 0.2) is 0 Å². The van der Waals surface area contributed by atoms with E-state index >= 15 is 0 Å². The zero-order valence-corrected chi connectivity index (χ0v) is 10.2. The molecule has 1 heterocycles. The second-order valence-electron chi connectivity index (χ2n) is 4.08. The number of aryl methyl sites for hydroxylation is 1. The lowest BCUT2D eigenvalue weighted by molar-refractivity contribution is -0.114.